The van der Waals surface area contributed by atoms with Gasteiger partial charge in [-0.25, -0.2) is 23.6 Å². The Kier molecular flexibility index (Phi) is 6.32. The highest BCUT2D eigenvalue weighted by atomic mass is 19.3. The molecule has 7 rings (SSSR count). The standard InChI is InChI=1S/C29H31F2N9O5/c30-27(31)11-5-7-15-6-4-10-17(21(15)27)23(42)35-19-13-40-25(33)34-18(22-28(40,29(19,44)45)37-24(32)36-22)12-39-20(41)14-38(26(39)43)16-8-2-1-3-9-16/h1-4,6,8-10,18-19,22,44-45H,5,7,11-14H2,(H2,33,34)(H,35,42)(H3,32,36,37)/t18-,19?,22-,28?/m0/s1. The summed E-state index contributed by atoms with van der Waals surface area (Å²) in [5.74, 6) is -7.89. The number of aliphatic imine (C=N–C) groups is 2. The quantitative estimate of drug-likeness (QED) is 0.185. The third-order valence-electron chi connectivity index (χ3n) is 9.30. The molecule has 0 saturated carbocycles. The van der Waals surface area contributed by atoms with E-state index in [0.29, 0.717) is 17.7 Å². The molecule has 2 unspecified atom stereocenters. The Bertz CT molecular complexity index is 1670. The van der Waals surface area contributed by atoms with Crippen molar-refractivity contribution in [3.63, 3.8) is 0 Å². The predicted molar refractivity (Wildman–Crippen MR) is 156 cm³/mol. The van der Waals surface area contributed by atoms with Crippen molar-refractivity contribution in [1.29, 1.82) is 0 Å². The molecule has 5 aliphatic rings. The smallest absolute Gasteiger partial charge is 0.331 e. The van der Waals surface area contributed by atoms with Crippen molar-refractivity contribution in [2.45, 2.75) is 54.8 Å². The summed E-state index contributed by atoms with van der Waals surface area (Å²) >= 11 is 0. The zero-order valence-corrected chi connectivity index (χ0v) is 23.9. The lowest BCUT2D eigenvalue weighted by molar-refractivity contribution is -0.230. The van der Waals surface area contributed by atoms with E-state index >= 15 is 0 Å². The molecule has 2 aromatic rings. The number of alkyl halides is 2. The molecular weight excluding hydrogens is 592 g/mol. The van der Waals surface area contributed by atoms with Gasteiger partial charge in [0.1, 0.15) is 18.6 Å². The first-order valence-electron chi connectivity index (χ1n) is 14.5. The molecule has 4 heterocycles. The van der Waals surface area contributed by atoms with Gasteiger partial charge in [0, 0.05) is 29.8 Å². The highest BCUT2D eigenvalue weighted by Gasteiger charge is 2.73. The van der Waals surface area contributed by atoms with E-state index in [1.165, 1.54) is 21.9 Å². The summed E-state index contributed by atoms with van der Waals surface area (Å²) in [5, 5.41) is 28.8. The van der Waals surface area contributed by atoms with Crippen LogP contribution in [0.25, 0.3) is 0 Å². The number of hydrogen-bond acceptors (Lipinski definition) is 11. The van der Waals surface area contributed by atoms with E-state index in [9.17, 15) is 33.4 Å². The van der Waals surface area contributed by atoms with Crippen LogP contribution in [-0.2, 0) is 17.1 Å². The van der Waals surface area contributed by atoms with Crippen molar-refractivity contribution in [2.75, 3.05) is 24.5 Å². The second-order valence-corrected chi connectivity index (χ2v) is 11.9. The number of imide groups is 1. The Hall–Kier alpha value is -4.83. The zero-order chi connectivity index (χ0) is 31.9. The van der Waals surface area contributed by atoms with Crippen LogP contribution in [0.4, 0.5) is 19.3 Å². The number of amides is 4. The molecule has 45 heavy (non-hydrogen) atoms. The van der Waals surface area contributed by atoms with Gasteiger partial charge in [-0.15, -0.1) is 0 Å². The van der Waals surface area contributed by atoms with E-state index in [2.05, 4.69) is 20.6 Å². The molecule has 2 saturated heterocycles. The van der Waals surface area contributed by atoms with Crippen molar-refractivity contribution in [3.05, 3.63) is 65.2 Å². The number of carbonyl (C=O) groups is 3. The van der Waals surface area contributed by atoms with E-state index in [1.54, 1.807) is 36.4 Å². The van der Waals surface area contributed by atoms with Crippen molar-refractivity contribution < 1.29 is 33.4 Å². The van der Waals surface area contributed by atoms with Gasteiger partial charge in [-0.1, -0.05) is 30.3 Å². The maximum absolute atomic E-state index is 15.0. The molecule has 16 heteroatoms. The lowest BCUT2D eigenvalue weighted by Gasteiger charge is -2.49. The third-order valence-corrected chi connectivity index (χ3v) is 9.30. The van der Waals surface area contributed by atoms with Crippen LogP contribution in [0.3, 0.4) is 0 Å². The van der Waals surface area contributed by atoms with Crippen molar-refractivity contribution >= 4 is 35.5 Å². The molecule has 1 spiro atoms. The number of para-hydroxylation sites is 1. The van der Waals surface area contributed by atoms with Crippen LogP contribution < -0.4 is 27.0 Å². The van der Waals surface area contributed by atoms with Crippen molar-refractivity contribution in [3.8, 4) is 0 Å². The van der Waals surface area contributed by atoms with Crippen LogP contribution in [0, 0.1) is 0 Å². The van der Waals surface area contributed by atoms with Crippen molar-refractivity contribution in [2.24, 2.45) is 21.5 Å². The number of benzene rings is 2. The van der Waals surface area contributed by atoms with Gasteiger partial charge in [0.05, 0.1) is 12.6 Å². The van der Waals surface area contributed by atoms with Gasteiger partial charge in [-0.05, 0) is 36.6 Å². The molecular formula is C29H31F2N9O5. The summed E-state index contributed by atoms with van der Waals surface area (Å²) in [7, 11) is 0. The minimum absolute atomic E-state index is 0.193. The van der Waals surface area contributed by atoms with Crippen LogP contribution >= 0.6 is 0 Å². The lowest BCUT2D eigenvalue weighted by atomic mass is 9.84. The SMILES string of the molecule is NC1=N[C@H]2[C@H](CN3C(=O)CN(c4ccccc4)C3=O)N=C(N)N3CC(NC(=O)c4cccc5c4C(F)(F)CCC5)C(O)(O)C23N1. The summed E-state index contributed by atoms with van der Waals surface area (Å²) in [6.45, 7) is -0.818. The molecule has 4 atom stereocenters. The van der Waals surface area contributed by atoms with Gasteiger partial charge < -0.3 is 37.2 Å². The maximum atomic E-state index is 15.0. The number of carbonyl (C=O) groups excluding carboxylic acids is 3. The minimum Gasteiger partial charge on any atom is -0.370 e. The van der Waals surface area contributed by atoms with Gasteiger partial charge in [-0.2, -0.15) is 0 Å². The summed E-state index contributed by atoms with van der Waals surface area (Å²) < 4.78 is 29.9. The molecule has 0 radical (unpaired) electrons. The molecule has 2 aromatic carbocycles. The van der Waals surface area contributed by atoms with Gasteiger partial charge in [0.15, 0.2) is 17.6 Å². The predicted octanol–water partition coefficient (Wildman–Crippen LogP) is -0.642. The maximum Gasteiger partial charge on any atom is 0.331 e. The number of aryl methyl sites for hydroxylation is 1. The van der Waals surface area contributed by atoms with E-state index < -0.39 is 59.8 Å². The summed E-state index contributed by atoms with van der Waals surface area (Å²) in [6, 6.07) is 8.62. The van der Waals surface area contributed by atoms with Crippen molar-refractivity contribution in [1.82, 2.24) is 20.4 Å². The summed E-state index contributed by atoms with van der Waals surface area (Å²) in [6.07, 6.45) is 0.253. The second kappa shape index (κ2) is 9.84. The van der Waals surface area contributed by atoms with Crippen LogP contribution in [0.2, 0.25) is 0 Å². The Morgan fingerprint density at radius 3 is 2.60 bits per heavy atom. The Morgan fingerprint density at radius 1 is 1.09 bits per heavy atom. The van der Waals surface area contributed by atoms with Crippen LogP contribution in [-0.4, -0.2) is 99.0 Å². The average Bonchev–Trinajstić information content (AvgIpc) is 3.58. The highest BCUT2D eigenvalue weighted by Crippen LogP contribution is 2.46. The van der Waals surface area contributed by atoms with E-state index in [0.717, 1.165) is 4.90 Å². The van der Waals surface area contributed by atoms with E-state index in [1.807, 2.05) is 0 Å². The largest absolute Gasteiger partial charge is 0.370 e. The van der Waals surface area contributed by atoms with Gasteiger partial charge in [0.25, 0.3) is 17.7 Å². The first kappa shape index (κ1) is 28.9. The van der Waals surface area contributed by atoms with Gasteiger partial charge >= 0.3 is 6.03 Å². The number of aliphatic hydroxyl groups is 2. The minimum atomic E-state index is -3.23. The molecule has 1 aliphatic carbocycles. The molecule has 4 amide bonds. The third kappa shape index (κ3) is 4.15. The number of urea groups is 1. The molecule has 236 valence electrons. The van der Waals surface area contributed by atoms with Crippen LogP contribution in [0.1, 0.15) is 34.3 Å². The summed E-state index contributed by atoms with van der Waals surface area (Å²) in [4.78, 5) is 52.2. The molecule has 0 bridgehead atoms. The number of nitrogens with zero attached hydrogens (tertiary/aromatic N) is 5. The first-order chi connectivity index (χ1) is 21.3. The number of hydrogen-bond donors (Lipinski definition) is 6. The first-order valence-corrected chi connectivity index (χ1v) is 14.5. The fraction of sp³-hybridized carbons (Fsp3) is 0.414. The van der Waals surface area contributed by atoms with E-state index in [-0.39, 0.29) is 49.1 Å². The van der Waals surface area contributed by atoms with Gasteiger partial charge in [-0.3, -0.25) is 19.4 Å². The van der Waals surface area contributed by atoms with Gasteiger partial charge in [0.2, 0.25) is 5.79 Å². The number of halogens is 2. The van der Waals surface area contributed by atoms with Crippen LogP contribution in [0.5, 0.6) is 0 Å². The Morgan fingerprint density at radius 2 is 1.84 bits per heavy atom. The average molecular weight is 624 g/mol. The number of rotatable bonds is 5. The number of guanidine groups is 2. The number of fused-ring (bicyclic) bond motifs is 1. The Labute approximate surface area is 255 Å². The fourth-order valence-electron chi connectivity index (χ4n) is 7.24. The number of nitrogens with one attached hydrogen (secondary N) is 2. The lowest BCUT2D eigenvalue weighted by Crippen LogP contribution is -2.78. The monoisotopic (exact) mass is 623 g/mol. The highest BCUT2D eigenvalue weighted by molar-refractivity contribution is 6.12. The van der Waals surface area contributed by atoms with Crippen LogP contribution in [0.15, 0.2) is 58.5 Å². The number of nitrogens with two attached hydrogens (primary N) is 2. The molecule has 8 N–H and O–H groups in total. The molecule has 4 aliphatic heterocycles. The van der Waals surface area contributed by atoms with E-state index in [4.69, 9.17) is 11.5 Å². The molecule has 14 nitrogen and oxygen atoms in total. The molecule has 0 aromatic heterocycles. The topological polar surface area (TPSA) is 202 Å². The second-order valence-electron chi connectivity index (χ2n) is 11.9. The zero-order valence-electron chi connectivity index (χ0n) is 23.9. The number of anilines is 1. The molecule has 2 fully saturated rings. The normalized spacial score (nSPS) is 29.4. The summed E-state index contributed by atoms with van der Waals surface area (Å²) in [5.41, 5.74) is 10.6. The Balaban J connectivity index is 1.18. The fourth-order valence-corrected chi connectivity index (χ4v) is 7.24.